The number of nitrogens with zero attached hydrogens (tertiary/aromatic N) is 1. The Morgan fingerprint density at radius 1 is 1.29 bits per heavy atom. The van der Waals surface area contributed by atoms with Gasteiger partial charge in [-0.1, -0.05) is 23.7 Å². The van der Waals surface area contributed by atoms with Crippen molar-refractivity contribution in [1.82, 2.24) is 5.32 Å². The van der Waals surface area contributed by atoms with E-state index in [4.69, 9.17) is 16.9 Å². The van der Waals surface area contributed by atoms with Gasteiger partial charge in [0.25, 0.3) is 0 Å². The molecule has 0 radical (unpaired) electrons. The summed E-state index contributed by atoms with van der Waals surface area (Å²) in [7, 11) is 0. The lowest BCUT2D eigenvalue weighted by atomic mass is 10.2. The smallest absolute Gasteiger partial charge is 0.319 e. The van der Waals surface area contributed by atoms with Gasteiger partial charge in [-0.15, -0.1) is 0 Å². The molecule has 2 aromatic carbocycles. The molecule has 0 bridgehead atoms. The number of benzene rings is 2. The van der Waals surface area contributed by atoms with Crippen LogP contribution in [0.15, 0.2) is 42.5 Å². The van der Waals surface area contributed by atoms with Crippen LogP contribution in [0.1, 0.15) is 11.1 Å². The highest BCUT2D eigenvalue weighted by Gasteiger charge is 2.07. The number of hydrogen-bond acceptors (Lipinski definition) is 2. The molecule has 21 heavy (non-hydrogen) atoms. The minimum absolute atomic E-state index is 0.0629. The molecular formula is C15H11ClFN3O. The van der Waals surface area contributed by atoms with Gasteiger partial charge in [-0.3, -0.25) is 0 Å². The van der Waals surface area contributed by atoms with Crippen LogP contribution in [0, 0.1) is 17.1 Å². The SMILES string of the molecule is N#Cc1cc(F)ccc1NC(=O)NCc1cccc(Cl)c1. The van der Waals surface area contributed by atoms with Crippen LogP contribution in [-0.4, -0.2) is 6.03 Å². The molecule has 0 saturated heterocycles. The van der Waals surface area contributed by atoms with Crippen LogP contribution in [-0.2, 0) is 6.54 Å². The van der Waals surface area contributed by atoms with E-state index >= 15 is 0 Å². The highest BCUT2D eigenvalue weighted by atomic mass is 35.5. The average Bonchev–Trinajstić information content (AvgIpc) is 2.47. The van der Waals surface area contributed by atoms with E-state index < -0.39 is 11.8 Å². The molecule has 6 heteroatoms. The highest BCUT2D eigenvalue weighted by Crippen LogP contribution is 2.16. The number of nitriles is 1. The van der Waals surface area contributed by atoms with Gasteiger partial charge < -0.3 is 10.6 Å². The van der Waals surface area contributed by atoms with Crippen molar-refractivity contribution in [2.45, 2.75) is 6.54 Å². The van der Waals surface area contributed by atoms with Crippen LogP contribution in [0.5, 0.6) is 0 Å². The maximum Gasteiger partial charge on any atom is 0.319 e. The summed E-state index contributed by atoms with van der Waals surface area (Å²) in [5.41, 5.74) is 1.16. The first-order chi connectivity index (χ1) is 10.1. The zero-order valence-electron chi connectivity index (χ0n) is 10.9. The third-order valence-electron chi connectivity index (χ3n) is 2.69. The van der Waals surface area contributed by atoms with Crippen molar-refractivity contribution in [2.24, 2.45) is 0 Å². The van der Waals surface area contributed by atoms with Crippen molar-refractivity contribution in [1.29, 1.82) is 5.26 Å². The number of carbonyl (C=O) groups is 1. The van der Waals surface area contributed by atoms with Gasteiger partial charge in [-0.2, -0.15) is 5.26 Å². The Balaban J connectivity index is 1.98. The molecule has 2 N–H and O–H groups in total. The van der Waals surface area contributed by atoms with Crippen molar-refractivity contribution < 1.29 is 9.18 Å². The second-order valence-electron chi connectivity index (χ2n) is 4.24. The molecule has 2 rings (SSSR count). The van der Waals surface area contributed by atoms with E-state index in [9.17, 15) is 9.18 Å². The molecule has 0 aliphatic heterocycles. The summed E-state index contributed by atoms with van der Waals surface area (Å²) in [4.78, 5) is 11.8. The second kappa shape index (κ2) is 6.73. The summed E-state index contributed by atoms with van der Waals surface area (Å²) >= 11 is 5.84. The number of rotatable bonds is 3. The largest absolute Gasteiger partial charge is 0.334 e. The van der Waals surface area contributed by atoms with E-state index in [-0.39, 0.29) is 17.8 Å². The van der Waals surface area contributed by atoms with Crippen molar-refractivity contribution in [2.75, 3.05) is 5.32 Å². The third kappa shape index (κ3) is 4.20. The fourth-order valence-corrected chi connectivity index (χ4v) is 1.93. The van der Waals surface area contributed by atoms with Crippen LogP contribution in [0.2, 0.25) is 5.02 Å². The minimum atomic E-state index is -0.531. The first kappa shape index (κ1) is 14.8. The molecule has 0 aliphatic carbocycles. The number of urea groups is 1. The molecule has 4 nitrogen and oxygen atoms in total. The average molecular weight is 304 g/mol. The number of hydrogen-bond donors (Lipinski definition) is 2. The number of anilines is 1. The van der Waals surface area contributed by atoms with Gasteiger partial charge in [0.05, 0.1) is 11.3 Å². The number of amides is 2. The Labute approximate surface area is 126 Å². The summed E-state index contributed by atoms with van der Waals surface area (Å²) in [6, 6.07) is 12.0. The van der Waals surface area contributed by atoms with Crippen LogP contribution in [0.25, 0.3) is 0 Å². The van der Waals surface area contributed by atoms with Gasteiger partial charge >= 0.3 is 6.03 Å². The van der Waals surface area contributed by atoms with Gasteiger partial charge in [0.15, 0.2) is 0 Å². The van der Waals surface area contributed by atoms with Crippen molar-refractivity contribution in [3.8, 4) is 6.07 Å². The van der Waals surface area contributed by atoms with Gasteiger partial charge in [0.2, 0.25) is 0 Å². The lowest BCUT2D eigenvalue weighted by Gasteiger charge is -2.09. The summed E-state index contributed by atoms with van der Waals surface area (Å²) in [5.74, 6) is -0.531. The lowest BCUT2D eigenvalue weighted by molar-refractivity contribution is 0.251. The maximum atomic E-state index is 13.0. The van der Waals surface area contributed by atoms with Gasteiger partial charge in [0.1, 0.15) is 11.9 Å². The van der Waals surface area contributed by atoms with Crippen molar-refractivity contribution >= 4 is 23.3 Å². The minimum Gasteiger partial charge on any atom is -0.334 e. The first-order valence-electron chi connectivity index (χ1n) is 6.07. The zero-order valence-corrected chi connectivity index (χ0v) is 11.6. The molecular weight excluding hydrogens is 293 g/mol. The van der Waals surface area contributed by atoms with E-state index in [1.807, 2.05) is 12.1 Å². The van der Waals surface area contributed by atoms with E-state index in [0.29, 0.717) is 5.02 Å². The Morgan fingerprint density at radius 3 is 2.81 bits per heavy atom. The molecule has 0 fully saturated rings. The van der Waals surface area contributed by atoms with Crippen LogP contribution < -0.4 is 10.6 Å². The number of halogens is 2. The third-order valence-corrected chi connectivity index (χ3v) is 2.93. The van der Waals surface area contributed by atoms with Crippen molar-refractivity contribution in [3.63, 3.8) is 0 Å². The summed E-state index contributed by atoms with van der Waals surface area (Å²) < 4.78 is 13.0. The number of carbonyl (C=O) groups excluding carboxylic acids is 1. The summed E-state index contributed by atoms with van der Waals surface area (Å²) in [6.07, 6.45) is 0. The van der Waals surface area contributed by atoms with E-state index in [1.165, 1.54) is 12.1 Å². The van der Waals surface area contributed by atoms with Crippen LogP contribution >= 0.6 is 11.6 Å². The van der Waals surface area contributed by atoms with E-state index in [1.54, 1.807) is 18.2 Å². The van der Waals surface area contributed by atoms with E-state index in [0.717, 1.165) is 11.6 Å². The molecule has 0 atom stereocenters. The molecule has 0 unspecified atom stereocenters. The topological polar surface area (TPSA) is 64.9 Å². The predicted molar refractivity (Wildman–Crippen MR) is 78.4 cm³/mol. The van der Waals surface area contributed by atoms with E-state index in [2.05, 4.69) is 10.6 Å². The van der Waals surface area contributed by atoms with Crippen LogP contribution in [0.4, 0.5) is 14.9 Å². The molecule has 0 spiro atoms. The fraction of sp³-hybridized carbons (Fsp3) is 0.0667. The highest BCUT2D eigenvalue weighted by molar-refractivity contribution is 6.30. The van der Waals surface area contributed by atoms with Crippen LogP contribution in [0.3, 0.4) is 0 Å². The monoisotopic (exact) mass is 303 g/mol. The van der Waals surface area contributed by atoms with Gasteiger partial charge in [0, 0.05) is 11.6 Å². The van der Waals surface area contributed by atoms with Gasteiger partial charge in [-0.05, 0) is 35.9 Å². The molecule has 2 aromatic rings. The molecule has 0 aliphatic rings. The first-order valence-corrected chi connectivity index (χ1v) is 6.45. The standard InChI is InChI=1S/C15H11ClFN3O/c16-12-3-1-2-10(6-12)9-19-15(21)20-14-5-4-13(17)7-11(14)8-18/h1-7H,9H2,(H2,19,20,21). The molecule has 0 aromatic heterocycles. The predicted octanol–water partition coefficient (Wildman–Crippen LogP) is 3.67. The summed E-state index contributed by atoms with van der Waals surface area (Å²) in [5, 5.41) is 14.6. The molecule has 2 amide bonds. The zero-order chi connectivity index (χ0) is 15.2. The Kier molecular flexibility index (Phi) is 4.75. The normalized spacial score (nSPS) is 9.76. The molecule has 0 saturated carbocycles. The lowest BCUT2D eigenvalue weighted by Crippen LogP contribution is -2.28. The second-order valence-corrected chi connectivity index (χ2v) is 4.68. The maximum absolute atomic E-state index is 13.0. The Hall–Kier alpha value is -2.58. The number of nitrogens with one attached hydrogen (secondary N) is 2. The quantitative estimate of drug-likeness (QED) is 0.908. The Morgan fingerprint density at radius 2 is 2.10 bits per heavy atom. The fourth-order valence-electron chi connectivity index (χ4n) is 1.71. The summed E-state index contributed by atoms with van der Waals surface area (Å²) in [6.45, 7) is 0.287. The molecule has 0 heterocycles. The van der Waals surface area contributed by atoms with Crippen molar-refractivity contribution in [3.05, 3.63) is 64.4 Å². The molecule has 106 valence electrons. The Bertz CT molecular complexity index is 712. The van der Waals surface area contributed by atoms with Gasteiger partial charge in [-0.25, -0.2) is 9.18 Å².